The molecule has 4 amide bonds. The lowest BCUT2D eigenvalue weighted by Crippen LogP contribution is -2.39. The third-order valence-electron chi connectivity index (χ3n) is 14.9. The minimum Gasteiger partial charge on any atom is -0.444 e. The molecular formula is C77H72N12O5. The van der Waals surface area contributed by atoms with Crippen LogP contribution in [0.3, 0.4) is 0 Å². The topological polar surface area (TPSA) is 220 Å². The lowest BCUT2D eigenvalue weighted by molar-refractivity contribution is -0.116. The van der Waals surface area contributed by atoms with Crippen LogP contribution < -0.4 is 16.0 Å². The maximum Gasteiger partial charge on any atom is 0.410 e. The molecule has 17 heteroatoms. The van der Waals surface area contributed by atoms with Crippen molar-refractivity contribution in [3.63, 3.8) is 0 Å². The third-order valence-corrected chi connectivity index (χ3v) is 14.9. The van der Waals surface area contributed by atoms with Gasteiger partial charge >= 0.3 is 6.09 Å². The number of aromatic nitrogens is 8. The number of nitrogens with zero attached hydrogens (tertiary/aromatic N) is 9. The van der Waals surface area contributed by atoms with Gasteiger partial charge in [-0.25, -0.2) is 14.8 Å². The van der Waals surface area contributed by atoms with Gasteiger partial charge in [0.25, 0.3) is 0 Å². The van der Waals surface area contributed by atoms with Crippen LogP contribution in [0.2, 0.25) is 0 Å². The lowest BCUT2D eigenvalue weighted by Gasteiger charge is -2.29. The highest BCUT2D eigenvalue weighted by Gasteiger charge is 2.24. The smallest absolute Gasteiger partial charge is 0.410 e. The van der Waals surface area contributed by atoms with Crippen molar-refractivity contribution < 1.29 is 23.9 Å². The molecular weight excluding hydrogens is 1170 g/mol. The van der Waals surface area contributed by atoms with Crippen molar-refractivity contribution in [2.24, 2.45) is 0 Å². The van der Waals surface area contributed by atoms with Gasteiger partial charge in [-0.05, 0) is 195 Å². The van der Waals surface area contributed by atoms with Crippen LogP contribution in [-0.4, -0.2) is 87.3 Å². The van der Waals surface area contributed by atoms with E-state index in [2.05, 4.69) is 55.8 Å². The van der Waals surface area contributed by atoms with Crippen LogP contribution in [0.15, 0.2) is 238 Å². The second-order valence-corrected chi connectivity index (χ2v) is 23.5. The maximum atomic E-state index is 12.6. The Kier molecular flexibility index (Phi) is 21.8. The summed E-state index contributed by atoms with van der Waals surface area (Å²) in [7, 11) is 0. The summed E-state index contributed by atoms with van der Waals surface area (Å²) >= 11 is 0. The Bertz CT molecular complexity index is 4190. The first-order chi connectivity index (χ1) is 45.5. The van der Waals surface area contributed by atoms with E-state index >= 15 is 0 Å². The van der Waals surface area contributed by atoms with Gasteiger partial charge in [-0.3, -0.25) is 44.3 Å². The van der Waals surface area contributed by atoms with E-state index in [-0.39, 0.29) is 30.2 Å². The van der Waals surface area contributed by atoms with Crippen molar-refractivity contribution in [1.29, 1.82) is 0 Å². The highest BCUT2D eigenvalue weighted by Crippen LogP contribution is 2.27. The molecule has 1 aliphatic heterocycles. The number of aryl methyl sites for hydroxylation is 3. The molecule has 8 aromatic heterocycles. The average molecular weight is 1250 g/mol. The van der Waals surface area contributed by atoms with Crippen LogP contribution in [0.25, 0.3) is 61.3 Å². The summed E-state index contributed by atoms with van der Waals surface area (Å²) in [5.74, 6) is 0.766. The number of pyridine rings is 8. The Labute approximate surface area is 547 Å². The zero-order chi connectivity index (χ0) is 65.8. The molecule has 0 radical (unpaired) electrons. The number of nitrogens with one attached hydrogen (secondary N) is 3. The lowest BCUT2D eigenvalue weighted by atomic mass is 10.0. The summed E-state index contributed by atoms with van der Waals surface area (Å²) in [6.45, 7) is 12.6. The van der Waals surface area contributed by atoms with E-state index in [4.69, 9.17) is 4.74 Å². The second-order valence-electron chi connectivity index (χ2n) is 23.5. The summed E-state index contributed by atoms with van der Waals surface area (Å²) in [4.78, 5) is 85.5. The number of hydrogen-bond donors (Lipinski definition) is 3. The van der Waals surface area contributed by atoms with Crippen molar-refractivity contribution in [3.8, 4) is 55.8 Å². The van der Waals surface area contributed by atoms with Gasteiger partial charge in [0, 0.05) is 96.4 Å². The zero-order valence-corrected chi connectivity index (χ0v) is 53.3. The molecule has 0 aliphatic carbocycles. The zero-order valence-electron chi connectivity index (χ0n) is 53.3. The fourth-order valence-corrected chi connectivity index (χ4v) is 10.1. The monoisotopic (exact) mass is 1240 g/mol. The minimum absolute atomic E-state index is 0.0954. The van der Waals surface area contributed by atoms with Crippen LogP contribution >= 0.6 is 0 Å². The molecule has 17 nitrogen and oxygen atoms in total. The summed E-state index contributed by atoms with van der Waals surface area (Å²) in [6, 6.07) is 56.8. The van der Waals surface area contributed by atoms with E-state index in [0.29, 0.717) is 49.7 Å². The SMILES string of the molecule is Cc1cc(-c2ccc(CC(=O)Nc3ccc(-c4ccccn4)cn3)cc2)ccn1.Cc1cc(-c2ccc(CC(=O)Nc3ccc(-c4cccnc4)cn3)cc2)ccn1.Cc1cc(-c2ccc(CC(=O)Nc3ccc(C4=CCN(C(=O)OC(C)(C)C)CC4)nc3)cc2)ccn1. The number of benzene rings is 3. The van der Waals surface area contributed by atoms with E-state index in [1.54, 1.807) is 72.8 Å². The number of carbonyl (C=O) groups is 4. The van der Waals surface area contributed by atoms with Gasteiger partial charge in [-0.2, -0.15) is 0 Å². The normalized spacial score (nSPS) is 11.7. The van der Waals surface area contributed by atoms with Gasteiger partial charge in [0.15, 0.2) is 0 Å². The maximum absolute atomic E-state index is 12.6. The quantitative estimate of drug-likeness (QED) is 0.0871. The van der Waals surface area contributed by atoms with Crippen molar-refractivity contribution in [1.82, 2.24) is 44.8 Å². The number of ether oxygens (including phenoxy) is 1. The number of amides is 4. The third kappa shape index (κ3) is 19.4. The Morgan fingerprint density at radius 1 is 0.426 bits per heavy atom. The number of anilines is 3. The number of carbonyl (C=O) groups excluding carboxylic acids is 4. The highest BCUT2D eigenvalue weighted by atomic mass is 16.6. The predicted molar refractivity (Wildman–Crippen MR) is 370 cm³/mol. The molecule has 11 aromatic rings. The van der Waals surface area contributed by atoms with E-state index in [0.717, 1.165) is 101 Å². The molecule has 0 fully saturated rings. The molecule has 0 atom stereocenters. The summed E-state index contributed by atoms with van der Waals surface area (Å²) in [6.07, 6.45) is 19.1. The molecule has 0 saturated carbocycles. The standard InChI is InChI=1S/C29H32N4O3.2C24H20N4O/c1-20-17-24(11-14-30-20)22-7-5-21(6-8-22)18-27(34)32-25-9-10-26(31-19-25)23-12-15-33(16-13-23)28(35)36-29(2,3)4;1-17-13-20(10-12-26-17)19-6-4-18(5-7-19)14-24(29)28-23-9-8-22(16-27-23)21-3-2-11-25-15-21;1-17-14-20(11-13-25-17)19-7-5-18(6-8-19)15-24(29)28-23-10-9-21(16-27-23)22-4-2-3-12-26-22/h5-12,14,17,19H,13,15-16,18H2,1-4H3,(H,32,34);2-13,15-16H,14H2,1H3,(H,27,28,29);2-14,16H,15H2,1H3,(H,27,28,29). The molecule has 94 heavy (non-hydrogen) atoms. The second kappa shape index (κ2) is 31.3. The first-order valence-electron chi connectivity index (χ1n) is 30.8. The van der Waals surface area contributed by atoms with Crippen LogP contribution in [-0.2, 0) is 38.4 Å². The van der Waals surface area contributed by atoms with Crippen LogP contribution in [0.1, 0.15) is 66.7 Å². The van der Waals surface area contributed by atoms with Gasteiger partial charge in [-0.1, -0.05) is 91.0 Å². The van der Waals surface area contributed by atoms with Crippen molar-refractivity contribution >= 4 is 46.7 Å². The van der Waals surface area contributed by atoms with E-state index in [1.807, 2.05) is 211 Å². The Hall–Kier alpha value is -11.7. The fraction of sp³-hybridized carbons (Fsp3) is 0.169. The molecule has 1 aliphatic rings. The molecule has 3 aromatic carbocycles. The predicted octanol–water partition coefficient (Wildman–Crippen LogP) is 15.0. The Balaban J connectivity index is 0.000000155. The van der Waals surface area contributed by atoms with E-state index in [1.165, 1.54) is 0 Å². The summed E-state index contributed by atoms with van der Waals surface area (Å²) in [5.41, 5.74) is 18.2. The molecule has 0 bridgehead atoms. The van der Waals surface area contributed by atoms with E-state index in [9.17, 15) is 19.2 Å². The summed E-state index contributed by atoms with van der Waals surface area (Å²) in [5, 5.41) is 8.61. The van der Waals surface area contributed by atoms with Crippen LogP contribution in [0.4, 0.5) is 22.1 Å². The molecule has 3 N–H and O–H groups in total. The van der Waals surface area contributed by atoms with Crippen molar-refractivity contribution in [2.45, 2.75) is 72.8 Å². The largest absolute Gasteiger partial charge is 0.444 e. The first-order valence-corrected chi connectivity index (χ1v) is 30.8. The van der Waals surface area contributed by atoms with Gasteiger partial charge in [-0.15, -0.1) is 0 Å². The number of rotatable bonds is 15. The van der Waals surface area contributed by atoms with Crippen molar-refractivity contribution in [3.05, 3.63) is 277 Å². The number of hydrogen-bond acceptors (Lipinski definition) is 13. The molecule has 470 valence electrons. The Morgan fingerprint density at radius 3 is 1.32 bits per heavy atom. The molecule has 0 unspecified atom stereocenters. The van der Waals surface area contributed by atoms with Gasteiger partial charge in [0.05, 0.1) is 42.5 Å². The highest BCUT2D eigenvalue weighted by molar-refractivity contribution is 5.93. The van der Waals surface area contributed by atoms with Crippen molar-refractivity contribution in [2.75, 3.05) is 29.0 Å². The molecule has 0 saturated heterocycles. The molecule has 12 rings (SSSR count). The van der Waals surface area contributed by atoms with Crippen LogP contribution in [0.5, 0.6) is 0 Å². The molecule has 9 heterocycles. The average Bonchev–Trinajstić information content (AvgIpc) is 1.19. The fourth-order valence-electron chi connectivity index (χ4n) is 10.1. The first kappa shape index (κ1) is 65.2. The van der Waals surface area contributed by atoms with Gasteiger partial charge in [0.1, 0.15) is 17.2 Å². The van der Waals surface area contributed by atoms with Gasteiger partial charge in [0.2, 0.25) is 17.7 Å². The Morgan fingerprint density at radius 2 is 0.915 bits per heavy atom. The van der Waals surface area contributed by atoms with Gasteiger partial charge < -0.3 is 25.6 Å². The summed E-state index contributed by atoms with van der Waals surface area (Å²) < 4.78 is 5.44. The van der Waals surface area contributed by atoms with Crippen LogP contribution in [0, 0.1) is 20.8 Å². The minimum atomic E-state index is -0.508. The van der Waals surface area contributed by atoms with E-state index < -0.39 is 5.60 Å². The molecule has 0 spiro atoms.